The Kier molecular flexibility index (Phi) is 2.60. The highest BCUT2D eigenvalue weighted by atomic mass is 35.5. The van der Waals surface area contributed by atoms with Crippen molar-refractivity contribution in [2.24, 2.45) is 0 Å². The molecule has 0 amide bonds. The van der Waals surface area contributed by atoms with E-state index in [0.717, 1.165) is 24.8 Å². The summed E-state index contributed by atoms with van der Waals surface area (Å²) in [6.07, 6.45) is 2.58. The van der Waals surface area contributed by atoms with E-state index in [1.165, 1.54) is 0 Å². The molecular weight excluding hydrogens is 210 g/mol. The average molecular weight is 222 g/mol. The van der Waals surface area contributed by atoms with Gasteiger partial charge in [-0.15, -0.1) is 0 Å². The van der Waals surface area contributed by atoms with Gasteiger partial charge in [0.05, 0.1) is 10.7 Å². The molecule has 1 fully saturated rings. The number of anilines is 1. The van der Waals surface area contributed by atoms with E-state index in [4.69, 9.17) is 17.3 Å². The van der Waals surface area contributed by atoms with Gasteiger partial charge in [0.25, 0.3) is 0 Å². The molecule has 1 aliphatic rings. The number of hydrogen-bond acceptors (Lipinski definition) is 2. The number of hydrogen-bond donors (Lipinski definition) is 2. The van der Waals surface area contributed by atoms with Crippen LogP contribution >= 0.6 is 11.6 Å². The molecule has 1 aromatic carbocycles. The highest BCUT2D eigenvalue weighted by molar-refractivity contribution is 6.33. The van der Waals surface area contributed by atoms with Crippen LogP contribution in [0, 0.1) is 11.8 Å². The third kappa shape index (κ3) is 2.26. The molecule has 0 heterocycles. The quantitative estimate of drug-likeness (QED) is 0.521. The Balaban J connectivity index is 2.20. The van der Waals surface area contributed by atoms with Crippen LogP contribution in [0.25, 0.3) is 0 Å². The molecule has 1 saturated carbocycles. The number of benzene rings is 1. The molecule has 1 aromatic rings. The third-order valence-corrected chi connectivity index (χ3v) is 2.95. The molecule has 2 nitrogen and oxygen atoms in total. The molecule has 3 heteroatoms. The number of nitrogens with two attached hydrogens (primary N) is 1. The van der Waals surface area contributed by atoms with Gasteiger partial charge in [-0.2, -0.15) is 0 Å². The third-order valence-electron chi connectivity index (χ3n) is 2.62. The van der Waals surface area contributed by atoms with Crippen molar-refractivity contribution < 1.29 is 5.11 Å². The molecule has 0 spiro atoms. The molecular formula is C12H12ClNO. The molecule has 0 radical (unpaired) electrons. The molecule has 15 heavy (non-hydrogen) atoms. The van der Waals surface area contributed by atoms with Crippen molar-refractivity contribution in [3.05, 3.63) is 28.8 Å². The summed E-state index contributed by atoms with van der Waals surface area (Å²) in [6.45, 7) is 0. The van der Waals surface area contributed by atoms with Crippen molar-refractivity contribution >= 4 is 17.3 Å². The van der Waals surface area contributed by atoms with Crippen LogP contribution < -0.4 is 5.73 Å². The zero-order valence-electron chi connectivity index (χ0n) is 8.26. The van der Waals surface area contributed by atoms with Gasteiger partial charge in [-0.05, 0) is 37.5 Å². The van der Waals surface area contributed by atoms with E-state index in [2.05, 4.69) is 11.8 Å². The molecule has 0 saturated heterocycles. The molecule has 78 valence electrons. The van der Waals surface area contributed by atoms with Crippen LogP contribution in [0.4, 0.5) is 5.69 Å². The van der Waals surface area contributed by atoms with E-state index in [9.17, 15) is 5.11 Å². The van der Waals surface area contributed by atoms with Crippen molar-refractivity contribution in [1.82, 2.24) is 0 Å². The molecule has 1 aliphatic carbocycles. The Bertz CT molecular complexity index is 441. The molecule has 0 unspecified atom stereocenters. The molecule has 3 N–H and O–H groups in total. The van der Waals surface area contributed by atoms with E-state index < -0.39 is 5.60 Å². The first-order valence-electron chi connectivity index (χ1n) is 4.90. The fourth-order valence-corrected chi connectivity index (χ4v) is 1.61. The Morgan fingerprint density at radius 2 is 2.13 bits per heavy atom. The fourth-order valence-electron chi connectivity index (χ4n) is 1.43. The number of rotatable bonds is 0. The van der Waals surface area contributed by atoms with E-state index >= 15 is 0 Å². The number of halogens is 1. The largest absolute Gasteiger partial charge is 0.398 e. The van der Waals surface area contributed by atoms with Crippen LogP contribution in [0.5, 0.6) is 0 Å². The summed E-state index contributed by atoms with van der Waals surface area (Å²) in [5, 5.41) is 10.3. The zero-order chi connectivity index (χ0) is 10.9. The first kappa shape index (κ1) is 10.4. The Labute approximate surface area is 94.1 Å². The van der Waals surface area contributed by atoms with Crippen molar-refractivity contribution in [2.45, 2.75) is 24.9 Å². The summed E-state index contributed by atoms with van der Waals surface area (Å²) in [5.74, 6) is 5.78. The number of aliphatic hydroxyl groups is 1. The Morgan fingerprint density at radius 1 is 1.40 bits per heavy atom. The Morgan fingerprint density at radius 3 is 2.67 bits per heavy atom. The van der Waals surface area contributed by atoms with E-state index in [0.29, 0.717) is 10.7 Å². The lowest BCUT2D eigenvalue weighted by Gasteiger charge is -2.30. The minimum absolute atomic E-state index is 0.502. The monoisotopic (exact) mass is 221 g/mol. The smallest absolute Gasteiger partial charge is 0.125 e. The second-order valence-electron chi connectivity index (χ2n) is 3.87. The predicted octanol–water partition coefficient (Wildman–Crippen LogP) is 2.19. The van der Waals surface area contributed by atoms with Crippen LogP contribution in [-0.2, 0) is 0 Å². The van der Waals surface area contributed by atoms with E-state index in [-0.39, 0.29) is 0 Å². The van der Waals surface area contributed by atoms with Crippen molar-refractivity contribution in [2.75, 3.05) is 5.73 Å². The Hall–Kier alpha value is -1.17. The maximum Gasteiger partial charge on any atom is 0.125 e. The topological polar surface area (TPSA) is 46.2 Å². The predicted molar refractivity (Wildman–Crippen MR) is 61.5 cm³/mol. The minimum Gasteiger partial charge on any atom is -0.398 e. The molecule has 0 aromatic heterocycles. The number of nitrogen functional groups attached to an aromatic ring is 1. The van der Waals surface area contributed by atoms with Gasteiger partial charge in [-0.1, -0.05) is 23.4 Å². The molecule has 0 aliphatic heterocycles. The van der Waals surface area contributed by atoms with Crippen molar-refractivity contribution in [3.8, 4) is 11.8 Å². The fraction of sp³-hybridized carbons (Fsp3) is 0.333. The first-order valence-corrected chi connectivity index (χ1v) is 5.27. The van der Waals surface area contributed by atoms with E-state index in [1.54, 1.807) is 18.2 Å². The van der Waals surface area contributed by atoms with Gasteiger partial charge in [-0.25, -0.2) is 0 Å². The summed E-state index contributed by atoms with van der Waals surface area (Å²) in [7, 11) is 0. The van der Waals surface area contributed by atoms with Crippen molar-refractivity contribution in [1.29, 1.82) is 0 Å². The van der Waals surface area contributed by atoms with Crippen LogP contribution in [-0.4, -0.2) is 10.7 Å². The van der Waals surface area contributed by atoms with Crippen LogP contribution in [0.1, 0.15) is 24.8 Å². The maximum absolute atomic E-state index is 9.76. The summed E-state index contributed by atoms with van der Waals surface area (Å²) in [4.78, 5) is 0. The maximum atomic E-state index is 9.76. The van der Waals surface area contributed by atoms with Crippen LogP contribution in [0.2, 0.25) is 5.02 Å². The van der Waals surface area contributed by atoms with Crippen LogP contribution in [0.3, 0.4) is 0 Å². The van der Waals surface area contributed by atoms with Gasteiger partial charge in [-0.3, -0.25) is 0 Å². The molecule has 0 bridgehead atoms. The van der Waals surface area contributed by atoms with Gasteiger partial charge in [0.1, 0.15) is 5.60 Å². The summed E-state index contributed by atoms with van der Waals surface area (Å²) < 4.78 is 0. The van der Waals surface area contributed by atoms with Crippen molar-refractivity contribution in [3.63, 3.8) is 0 Å². The zero-order valence-corrected chi connectivity index (χ0v) is 9.01. The standard InChI is InChI=1S/C12H12ClNO/c13-10-8-9(2-3-11(10)14)4-7-12(15)5-1-6-12/h2-3,8,15H,1,5-6,14H2. The summed E-state index contributed by atoms with van der Waals surface area (Å²) >= 11 is 5.86. The highest BCUT2D eigenvalue weighted by Gasteiger charge is 2.31. The summed E-state index contributed by atoms with van der Waals surface area (Å²) in [6, 6.07) is 5.24. The lowest BCUT2D eigenvalue weighted by atomic mass is 9.81. The van der Waals surface area contributed by atoms with E-state index in [1.807, 2.05) is 0 Å². The lowest BCUT2D eigenvalue weighted by Crippen LogP contribution is -2.34. The SMILES string of the molecule is Nc1ccc(C#CC2(O)CCC2)cc1Cl. The van der Waals surface area contributed by atoms with Gasteiger partial charge in [0.2, 0.25) is 0 Å². The average Bonchev–Trinajstić information content (AvgIpc) is 2.17. The van der Waals surface area contributed by atoms with Crippen LogP contribution in [0.15, 0.2) is 18.2 Å². The molecule has 2 rings (SSSR count). The minimum atomic E-state index is -0.770. The van der Waals surface area contributed by atoms with Gasteiger partial charge in [0, 0.05) is 5.56 Å². The normalized spacial score (nSPS) is 17.5. The second-order valence-corrected chi connectivity index (χ2v) is 4.28. The molecule has 0 atom stereocenters. The lowest BCUT2D eigenvalue weighted by molar-refractivity contribution is 0.0240. The van der Waals surface area contributed by atoms with Gasteiger partial charge in [0.15, 0.2) is 0 Å². The summed E-state index contributed by atoms with van der Waals surface area (Å²) in [5.41, 5.74) is 6.14. The van der Waals surface area contributed by atoms with Gasteiger partial charge < -0.3 is 10.8 Å². The van der Waals surface area contributed by atoms with Gasteiger partial charge >= 0.3 is 0 Å². The highest BCUT2D eigenvalue weighted by Crippen LogP contribution is 2.30. The second kappa shape index (κ2) is 3.77. The first-order chi connectivity index (χ1) is 7.09.